The number of fused-ring (bicyclic) bond motifs is 3. The first kappa shape index (κ1) is 33.6. The van der Waals surface area contributed by atoms with E-state index in [1.807, 2.05) is 11.3 Å². The van der Waals surface area contributed by atoms with Gasteiger partial charge in [0.05, 0.1) is 0 Å². The molecule has 56 heavy (non-hydrogen) atoms. The van der Waals surface area contributed by atoms with Gasteiger partial charge in [0.15, 0.2) is 0 Å². The number of anilines is 3. The third-order valence-corrected chi connectivity index (χ3v) is 11.9. The fraction of sp³-hybridized carbons (Fsp3) is 0. The molecule has 0 amide bonds. The average Bonchev–Trinajstić information content (AvgIpc) is 3.67. The van der Waals surface area contributed by atoms with Crippen molar-refractivity contribution in [3.05, 3.63) is 224 Å². The molecular weight excluding hydrogens is 695 g/mol. The maximum Gasteiger partial charge on any atom is 0.0462 e. The topological polar surface area (TPSA) is 3.24 Å². The molecule has 264 valence electrons. The van der Waals surface area contributed by atoms with E-state index in [0.717, 1.165) is 17.1 Å². The molecular formula is C54H37NS. The Balaban J connectivity index is 1.06. The first-order valence-electron chi connectivity index (χ1n) is 19.1. The zero-order valence-corrected chi connectivity index (χ0v) is 31.5. The summed E-state index contributed by atoms with van der Waals surface area (Å²) in [5.74, 6) is 0. The van der Waals surface area contributed by atoms with Crippen LogP contribution in [0.25, 0.3) is 75.8 Å². The maximum absolute atomic E-state index is 2.38. The largest absolute Gasteiger partial charge is 0.311 e. The summed E-state index contributed by atoms with van der Waals surface area (Å²) in [7, 11) is 0. The van der Waals surface area contributed by atoms with Crippen molar-refractivity contribution in [2.45, 2.75) is 0 Å². The van der Waals surface area contributed by atoms with Crippen LogP contribution in [0.4, 0.5) is 17.1 Å². The molecule has 0 unspecified atom stereocenters. The summed E-state index contributed by atoms with van der Waals surface area (Å²) in [4.78, 5) is 2.35. The van der Waals surface area contributed by atoms with Crippen LogP contribution in [0.1, 0.15) is 0 Å². The minimum Gasteiger partial charge on any atom is -0.311 e. The molecule has 2 heteroatoms. The van der Waals surface area contributed by atoms with Crippen LogP contribution in [0.15, 0.2) is 224 Å². The quantitative estimate of drug-likeness (QED) is 0.150. The smallest absolute Gasteiger partial charge is 0.0462 e. The predicted octanol–water partition coefficient (Wildman–Crippen LogP) is 15.9. The molecule has 0 spiro atoms. The molecule has 0 radical (unpaired) electrons. The lowest BCUT2D eigenvalue weighted by Crippen LogP contribution is -2.09. The Morgan fingerprint density at radius 1 is 0.268 bits per heavy atom. The van der Waals surface area contributed by atoms with E-state index in [-0.39, 0.29) is 0 Å². The SMILES string of the molecule is c1ccc(-c2ccc(-c3cc(-c4ccc(N(c5ccc(-c6ccccc6)cc5)c5ccc(-c6ccccc6)cc5)cc4)c4sc5ccccc5c4c3)cc2)cc1. The van der Waals surface area contributed by atoms with Crippen molar-refractivity contribution >= 4 is 48.6 Å². The third-order valence-electron chi connectivity index (χ3n) is 10.7. The average molecular weight is 732 g/mol. The molecule has 0 saturated carbocycles. The van der Waals surface area contributed by atoms with Gasteiger partial charge in [0.25, 0.3) is 0 Å². The van der Waals surface area contributed by atoms with Crippen LogP contribution in [0.5, 0.6) is 0 Å². The molecule has 1 heterocycles. The summed E-state index contributed by atoms with van der Waals surface area (Å²) in [6.45, 7) is 0. The van der Waals surface area contributed by atoms with Crippen molar-refractivity contribution in [1.82, 2.24) is 0 Å². The normalized spacial score (nSPS) is 11.2. The lowest BCUT2D eigenvalue weighted by molar-refractivity contribution is 1.28. The van der Waals surface area contributed by atoms with Gasteiger partial charge < -0.3 is 4.90 Å². The Kier molecular flexibility index (Phi) is 8.79. The number of nitrogens with zero attached hydrogens (tertiary/aromatic N) is 1. The molecule has 10 aromatic rings. The van der Waals surface area contributed by atoms with Crippen LogP contribution in [0, 0.1) is 0 Å². The Hall–Kier alpha value is -7.00. The van der Waals surface area contributed by atoms with Gasteiger partial charge in [-0.1, -0.05) is 170 Å². The van der Waals surface area contributed by atoms with Gasteiger partial charge in [-0.25, -0.2) is 0 Å². The molecule has 1 aromatic heterocycles. The second-order valence-electron chi connectivity index (χ2n) is 14.2. The molecule has 0 aliphatic heterocycles. The summed E-state index contributed by atoms with van der Waals surface area (Å²) in [6.07, 6.45) is 0. The van der Waals surface area contributed by atoms with Crippen LogP contribution in [-0.2, 0) is 0 Å². The molecule has 1 nitrogen and oxygen atoms in total. The fourth-order valence-electron chi connectivity index (χ4n) is 7.80. The van der Waals surface area contributed by atoms with Crippen molar-refractivity contribution in [3.8, 4) is 55.6 Å². The minimum absolute atomic E-state index is 1.11. The fourth-order valence-corrected chi connectivity index (χ4v) is 9.02. The van der Waals surface area contributed by atoms with Gasteiger partial charge in [0, 0.05) is 42.8 Å². The van der Waals surface area contributed by atoms with Crippen LogP contribution < -0.4 is 4.90 Å². The van der Waals surface area contributed by atoms with E-state index in [2.05, 4.69) is 229 Å². The van der Waals surface area contributed by atoms with Crippen molar-refractivity contribution in [1.29, 1.82) is 0 Å². The Morgan fingerprint density at radius 2 is 0.625 bits per heavy atom. The van der Waals surface area contributed by atoms with Crippen LogP contribution in [0.2, 0.25) is 0 Å². The lowest BCUT2D eigenvalue weighted by atomic mass is 9.94. The van der Waals surface area contributed by atoms with Crippen molar-refractivity contribution in [3.63, 3.8) is 0 Å². The molecule has 0 atom stereocenters. The van der Waals surface area contributed by atoms with Gasteiger partial charge in [-0.05, 0) is 105 Å². The van der Waals surface area contributed by atoms with Gasteiger partial charge in [-0.2, -0.15) is 0 Å². The van der Waals surface area contributed by atoms with Gasteiger partial charge in [-0.15, -0.1) is 11.3 Å². The van der Waals surface area contributed by atoms with Crippen molar-refractivity contribution < 1.29 is 0 Å². The van der Waals surface area contributed by atoms with E-state index in [9.17, 15) is 0 Å². The van der Waals surface area contributed by atoms with E-state index in [1.54, 1.807) is 0 Å². The van der Waals surface area contributed by atoms with Gasteiger partial charge in [0.2, 0.25) is 0 Å². The molecule has 0 bridgehead atoms. The first-order chi connectivity index (χ1) is 27.7. The number of thiophene rings is 1. The summed E-state index contributed by atoms with van der Waals surface area (Å²) >= 11 is 1.88. The summed E-state index contributed by atoms with van der Waals surface area (Å²) in [6, 6.07) is 81.2. The number of benzene rings is 9. The van der Waals surface area contributed by atoms with E-state index in [1.165, 1.54) is 75.8 Å². The highest BCUT2D eigenvalue weighted by Gasteiger charge is 2.17. The molecule has 0 fully saturated rings. The molecule has 9 aromatic carbocycles. The molecule has 0 N–H and O–H groups in total. The Morgan fingerprint density at radius 3 is 1.09 bits per heavy atom. The van der Waals surface area contributed by atoms with Crippen LogP contribution in [-0.4, -0.2) is 0 Å². The predicted molar refractivity (Wildman–Crippen MR) is 241 cm³/mol. The maximum atomic E-state index is 2.38. The van der Waals surface area contributed by atoms with E-state index in [0.29, 0.717) is 0 Å². The van der Waals surface area contributed by atoms with Gasteiger partial charge >= 0.3 is 0 Å². The zero-order valence-electron chi connectivity index (χ0n) is 30.7. The molecule has 10 rings (SSSR count). The summed E-state index contributed by atoms with van der Waals surface area (Å²) < 4.78 is 2.62. The second kappa shape index (κ2) is 14.7. The molecule has 0 aliphatic carbocycles. The van der Waals surface area contributed by atoms with Gasteiger partial charge in [-0.3, -0.25) is 0 Å². The minimum atomic E-state index is 1.11. The summed E-state index contributed by atoms with van der Waals surface area (Å²) in [5, 5.41) is 2.60. The lowest BCUT2D eigenvalue weighted by Gasteiger charge is -2.26. The first-order valence-corrected chi connectivity index (χ1v) is 19.9. The van der Waals surface area contributed by atoms with E-state index >= 15 is 0 Å². The highest BCUT2D eigenvalue weighted by molar-refractivity contribution is 7.26. The Labute approximate surface area is 332 Å². The monoisotopic (exact) mass is 731 g/mol. The van der Waals surface area contributed by atoms with E-state index in [4.69, 9.17) is 0 Å². The highest BCUT2D eigenvalue weighted by Crippen LogP contribution is 2.44. The highest BCUT2D eigenvalue weighted by atomic mass is 32.1. The standard InChI is InChI=1S/C54H37NS/c1-4-12-38(13-5-1)41-20-22-44(23-21-41)46-36-51(54-52(37-46)50-18-10-11-19-53(50)56-54)45-28-34-49(35-29-45)55(47-30-24-42(25-31-47)39-14-6-2-7-15-39)48-32-26-43(27-33-48)40-16-8-3-9-17-40/h1-37H. The van der Waals surface area contributed by atoms with Crippen molar-refractivity contribution in [2.75, 3.05) is 4.90 Å². The summed E-state index contributed by atoms with van der Waals surface area (Å²) in [5.41, 5.74) is 15.5. The van der Waals surface area contributed by atoms with Crippen LogP contribution >= 0.6 is 11.3 Å². The number of hydrogen-bond donors (Lipinski definition) is 0. The molecule has 0 aliphatic rings. The van der Waals surface area contributed by atoms with Gasteiger partial charge in [0.1, 0.15) is 0 Å². The third kappa shape index (κ3) is 6.47. The van der Waals surface area contributed by atoms with E-state index < -0.39 is 0 Å². The number of rotatable bonds is 8. The van der Waals surface area contributed by atoms with Crippen LogP contribution in [0.3, 0.4) is 0 Å². The van der Waals surface area contributed by atoms with Crippen molar-refractivity contribution in [2.24, 2.45) is 0 Å². The molecule has 0 saturated heterocycles. The zero-order chi connectivity index (χ0) is 37.3. The second-order valence-corrected chi connectivity index (χ2v) is 15.2. The number of hydrogen-bond acceptors (Lipinski definition) is 2. The Bertz CT molecular complexity index is 2810.